The molecular weight excluding hydrogens is 296 g/mol. The van der Waals surface area contributed by atoms with Crippen molar-refractivity contribution in [2.24, 2.45) is 0 Å². The van der Waals surface area contributed by atoms with E-state index >= 15 is 0 Å². The van der Waals surface area contributed by atoms with Crippen LogP contribution in [0.5, 0.6) is 5.75 Å². The lowest BCUT2D eigenvalue weighted by Crippen LogP contribution is -2.03. The predicted octanol–water partition coefficient (Wildman–Crippen LogP) is 4.70. The number of hydrogen-bond donors (Lipinski definition) is 1. The van der Waals surface area contributed by atoms with Crippen LogP contribution in [0.2, 0.25) is 0 Å². The number of nitrogens with one attached hydrogen (secondary N) is 1. The van der Waals surface area contributed by atoms with E-state index in [0.717, 1.165) is 30.7 Å². The number of hydrogen-bond acceptors (Lipinski definition) is 2. The van der Waals surface area contributed by atoms with Crippen molar-refractivity contribution >= 4 is 0 Å². The Morgan fingerprint density at radius 3 is 2.29 bits per heavy atom. The summed E-state index contributed by atoms with van der Waals surface area (Å²) in [6.07, 6.45) is 6.53. The molecular formula is C21H24N2O. The summed E-state index contributed by atoms with van der Waals surface area (Å²) in [6, 6.07) is 14.7. The van der Waals surface area contributed by atoms with Crippen molar-refractivity contribution in [2.45, 2.75) is 39.7 Å². The van der Waals surface area contributed by atoms with E-state index < -0.39 is 0 Å². The third-order valence-electron chi connectivity index (χ3n) is 4.34. The topological polar surface area (TPSA) is 37.9 Å². The number of aryl methyl sites for hydroxylation is 2. The van der Waals surface area contributed by atoms with Gasteiger partial charge in [-0.2, -0.15) is 0 Å². The summed E-state index contributed by atoms with van der Waals surface area (Å²) in [5.41, 5.74) is 6.45. The maximum atomic E-state index is 6.05. The number of ether oxygens (including phenoxy) is 1. The summed E-state index contributed by atoms with van der Waals surface area (Å²) >= 11 is 0. The number of imidazole rings is 1. The van der Waals surface area contributed by atoms with Gasteiger partial charge in [-0.05, 0) is 47.2 Å². The van der Waals surface area contributed by atoms with Crippen LogP contribution in [0.25, 0.3) is 0 Å². The second kappa shape index (κ2) is 7.82. The molecule has 3 heteroatoms. The monoisotopic (exact) mass is 320 g/mol. The largest absolute Gasteiger partial charge is 0.489 e. The summed E-state index contributed by atoms with van der Waals surface area (Å²) in [4.78, 5) is 7.34. The van der Waals surface area contributed by atoms with Gasteiger partial charge < -0.3 is 9.72 Å². The Kier molecular flexibility index (Phi) is 5.32. The Balaban J connectivity index is 1.83. The lowest BCUT2D eigenvalue weighted by atomic mass is 9.93. The third kappa shape index (κ3) is 3.85. The van der Waals surface area contributed by atoms with E-state index in [1.807, 2.05) is 24.4 Å². The Bertz CT molecular complexity index is 739. The molecule has 0 atom stereocenters. The van der Waals surface area contributed by atoms with E-state index in [9.17, 15) is 0 Å². The van der Waals surface area contributed by atoms with Gasteiger partial charge in [0.1, 0.15) is 12.4 Å². The van der Waals surface area contributed by atoms with Gasteiger partial charge in [-0.3, -0.25) is 0 Å². The Morgan fingerprint density at radius 1 is 1.00 bits per heavy atom. The molecule has 1 N–H and O–H groups in total. The zero-order chi connectivity index (χ0) is 16.8. The van der Waals surface area contributed by atoms with Gasteiger partial charge in [-0.15, -0.1) is 0 Å². The molecule has 0 aliphatic rings. The molecule has 24 heavy (non-hydrogen) atoms. The fraction of sp³-hybridized carbons (Fsp3) is 0.286. The predicted molar refractivity (Wildman–Crippen MR) is 97.4 cm³/mol. The molecule has 0 aliphatic heterocycles. The number of nitrogens with zero attached hydrogens (tertiary/aromatic N) is 1. The van der Waals surface area contributed by atoms with Crippen LogP contribution in [0.15, 0.2) is 55.0 Å². The second-order valence-electron chi connectivity index (χ2n) is 5.96. The minimum atomic E-state index is 0.604. The summed E-state index contributed by atoms with van der Waals surface area (Å²) in [6.45, 7) is 5.01. The number of rotatable bonds is 7. The van der Waals surface area contributed by atoms with E-state index in [-0.39, 0.29) is 0 Å². The summed E-state index contributed by atoms with van der Waals surface area (Å²) in [7, 11) is 0. The molecule has 0 saturated carbocycles. The lowest BCUT2D eigenvalue weighted by Gasteiger charge is -2.16. The third-order valence-corrected chi connectivity index (χ3v) is 4.34. The molecule has 124 valence electrons. The van der Waals surface area contributed by atoms with Crippen molar-refractivity contribution in [2.75, 3.05) is 0 Å². The second-order valence-corrected chi connectivity index (χ2v) is 5.96. The molecule has 2 aromatic carbocycles. The van der Waals surface area contributed by atoms with Crippen LogP contribution in [0.4, 0.5) is 0 Å². The highest BCUT2D eigenvalue weighted by Crippen LogP contribution is 2.26. The first-order valence-electron chi connectivity index (χ1n) is 8.58. The maximum absolute atomic E-state index is 6.05. The van der Waals surface area contributed by atoms with E-state index in [4.69, 9.17) is 4.74 Å². The van der Waals surface area contributed by atoms with E-state index in [0.29, 0.717) is 6.61 Å². The zero-order valence-corrected chi connectivity index (χ0v) is 14.4. The van der Waals surface area contributed by atoms with Gasteiger partial charge in [0, 0.05) is 18.3 Å². The van der Waals surface area contributed by atoms with Crippen LogP contribution >= 0.6 is 0 Å². The maximum Gasteiger partial charge on any atom is 0.120 e. The van der Waals surface area contributed by atoms with E-state index in [2.05, 4.69) is 48.1 Å². The number of aromatic nitrogens is 2. The highest BCUT2D eigenvalue weighted by molar-refractivity contribution is 5.44. The minimum Gasteiger partial charge on any atom is -0.489 e. The summed E-state index contributed by atoms with van der Waals surface area (Å²) < 4.78 is 6.05. The molecule has 0 fully saturated rings. The smallest absolute Gasteiger partial charge is 0.120 e. The van der Waals surface area contributed by atoms with Crippen LogP contribution < -0.4 is 4.74 Å². The first kappa shape index (κ1) is 16.3. The van der Waals surface area contributed by atoms with Gasteiger partial charge in [-0.25, -0.2) is 4.98 Å². The molecule has 0 saturated heterocycles. The van der Waals surface area contributed by atoms with Crippen LogP contribution in [-0.4, -0.2) is 9.97 Å². The molecule has 0 unspecified atom stereocenters. The van der Waals surface area contributed by atoms with Gasteiger partial charge in [0.25, 0.3) is 0 Å². The SMILES string of the molecule is CCc1cc(OCc2ccccc2)cc(CC)c1Cc1cnc[nH]1. The fourth-order valence-electron chi connectivity index (χ4n) is 3.02. The van der Waals surface area contributed by atoms with Gasteiger partial charge in [0.15, 0.2) is 0 Å². The molecule has 3 aromatic rings. The molecule has 0 bridgehead atoms. The summed E-state index contributed by atoms with van der Waals surface area (Å²) in [5.74, 6) is 0.959. The van der Waals surface area contributed by atoms with Crippen LogP contribution in [0.1, 0.15) is 41.8 Å². The van der Waals surface area contributed by atoms with Crippen molar-refractivity contribution in [3.8, 4) is 5.75 Å². The highest BCUT2D eigenvalue weighted by atomic mass is 16.5. The molecule has 0 amide bonds. The van der Waals surface area contributed by atoms with Crippen molar-refractivity contribution in [3.05, 3.63) is 82.9 Å². The van der Waals surface area contributed by atoms with Gasteiger partial charge in [-0.1, -0.05) is 44.2 Å². The van der Waals surface area contributed by atoms with Crippen molar-refractivity contribution < 1.29 is 4.74 Å². The molecule has 1 aromatic heterocycles. The Hall–Kier alpha value is -2.55. The molecule has 3 nitrogen and oxygen atoms in total. The first-order valence-corrected chi connectivity index (χ1v) is 8.58. The van der Waals surface area contributed by atoms with Gasteiger partial charge in [0.2, 0.25) is 0 Å². The minimum absolute atomic E-state index is 0.604. The average Bonchev–Trinajstić information content (AvgIpc) is 3.14. The fourth-order valence-corrected chi connectivity index (χ4v) is 3.02. The van der Waals surface area contributed by atoms with Crippen molar-refractivity contribution in [3.63, 3.8) is 0 Å². The molecule has 0 radical (unpaired) electrons. The highest BCUT2D eigenvalue weighted by Gasteiger charge is 2.11. The molecule has 0 aliphatic carbocycles. The normalized spacial score (nSPS) is 10.8. The molecule has 1 heterocycles. The standard InChI is InChI=1S/C21H24N2O/c1-3-17-10-20(24-14-16-8-6-5-7-9-16)11-18(4-2)21(17)12-19-13-22-15-23-19/h5-11,13,15H,3-4,12,14H2,1-2H3,(H,22,23). The number of H-pyrrole nitrogens is 1. The quantitative estimate of drug-likeness (QED) is 0.685. The van der Waals surface area contributed by atoms with Gasteiger partial charge >= 0.3 is 0 Å². The first-order chi connectivity index (χ1) is 11.8. The average molecular weight is 320 g/mol. The zero-order valence-electron chi connectivity index (χ0n) is 14.4. The lowest BCUT2D eigenvalue weighted by molar-refractivity contribution is 0.305. The van der Waals surface area contributed by atoms with Crippen molar-refractivity contribution in [1.29, 1.82) is 0 Å². The van der Waals surface area contributed by atoms with Crippen LogP contribution in [-0.2, 0) is 25.9 Å². The molecule has 3 rings (SSSR count). The Morgan fingerprint density at radius 2 is 1.71 bits per heavy atom. The van der Waals surface area contributed by atoms with Crippen molar-refractivity contribution in [1.82, 2.24) is 9.97 Å². The summed E-state index contributed by atoms with van der Waals surface area (Å²) in [5, 5.41) is 0. The van der Waals surface area contributed by atoms with Crippen LogP contribution in [0, 0.1) is 0 Å². The Labute approximate surface area is 143 Å². The molecule has 0 spiro atoms. The number of aromatic amines is 1. The van der Waals surface area contributed by atoms with E-state index in [1.165, 1.54) is 22.3 Å². The van der Waals surface area contributed by atoms with E-state index in [1.54, 1.807) is 6.33 Å². The van der Waals surface area contributed by atoms with Crippen LogP contribution in [0.3, 0.4) is 0 Å². The number of benzene rings is 2. The van der Waals surface area contributed by atoms with Gasteiger partial charge in [0.05, 0.1) is 6.33 Å².